The summed E-state index contributed by atoms with van der Waals surface area (Å²) in [6.07, 6.45) is 1.29. The lowest BCUT2D eigenvalue weighted by molar-refractivity contribution is -0.131. The van der Waals surface area contributed by atoms with Gasteiger partial charge in [-0.1, -0.05) is 59.1 Å². The number of hydrogen-bond donors (Lipinski definition) is 0. The Morgan fingerprint density at radius 3 is 2.83 bits per heavy atom. The largest absolute Gasteiger partial charge is 0.326 e. The molecule has 1 saturated heterocycles. The lowest BCUT2D eigenvalue weighted by atomic mass is 10.1. The molecule has 126 valence electrons. The summed E-state index contributed by atoms with van der Waals surface area (Å²) in [5.74, 6) is 1.11. The number of amides is 1. The molecular weight excluding hydrogens is 361 g/mol. The van der Waals surface area contributed by atoms with Crippen LogP contribution in [0.3, 0.4) is 0 Å². The molecule has 0 spiro atoms. The maximum atomic E-state index is 12.7. The van der Waals surface area contributed by atoms with Gasteiger partial charge in [-0.25, -0.2) is 0 Å². The van der Waals surface area contributed by atoms with Crippen molar-refractivity contribution in [2.45, 2.75) is 25.1 Å². The van der Waals surface area contributed by atoms with Gasteiger partial charge in [0.05, 0.1) is 0 Å². The fraction of sp³-hybridized carbons (Fsp3) is 0.316. The van der Waals surface area contributed by atoms with E-state index < -0.39 is 0 Å². The highest BCUT2D eigenvalue weighted by Gasteiger charge is 2.31. The fourth-order valence-electron chi connectivity index (χ4n) is 2.95. The van der Waals surface area contributed by atoms with Gasteiger partial charge in [-0.2, -0.15) is 0 Å². The number of hydrogen-bond acceptors (Lipinski definition) is 2. The fourth-order valence-corrected chi connectivity index (χ4v) is 4.84. The Kier molecular flexibility index (Phi) is 5.75. The zero-order chi connectivity index (χ0) is 17.1. The first-order chi connectivity index (χ1) is 11.5. The van der Waals surface area contributed by atoms with Crippen LogP contribution in [-0.4, -0.2) is 23.1 Å². The molecule has 2 nitrogen and oxygen atoms in total. The molecule has 0 bridgehead atoms. The second-order valence-electron chi connectivity index (χ2n) is 5.97. The smallest absolute Gasteiger partial charge is 0.224 e. The minimum absolute atomic E-state index is 0.0141. The molecule has 5 heteroatoms. The molecule has 0 radical (unpaired) electrons. The van der Waals surface area contributed by atoms with Crippen LogP contribution in [0.25, 0.3) is 0 Å². The third-order valence-corrected chi connectivity index (χ3v) is 5.95. The number of nitrogens with zero attached hydrogens (tertiary/aromatic N) is 1. The molecule has 1 heterocycles. The van der Waals surface area contributed by atoms with Gasteiger partial charge in [0.25, 0.3) is 0 Å². The summed E-state index contributed by atoms with van der Waals surface area (Å²) in [6, 6.07) is 13.8. The molecule has 3 rings (SSSR count). The molecule has 2 aromatic rings. The zero-order valence-electron chi connectivity index (χ0n) is 13.5. The highest BCUT2D eigenvalue weighted by molar-refractivity contribution is 7.99. The summed E-state index contributed by atoms with van der Waals surface area (Å²) in [5, 5.41) is 1.22. The van der Waals surface area contributed by atoms with Crippen LogP contribution in [0, 0.1) is 6.92 Å². The molecule has 1 fully saturated rings. The van der Waals surface area contributed by atoms with Gasteiger partial charge >= 0.3 is 0 Å². The Labute approximate surface area is 157 Å². The van der Waals surface area contributed by atoms with Crippen LogP contribution in [0.2, 0.25) is 10.0 Å². The molecule has 1 amide bonds. The van der Waals surface area contributed by atoms with Crippen molar-refractivity contribution in [3.63, 3.8) is 0 Å². The van der Waals surface area contributed by atoms with E-state index >= 15 is 0 Å². The standard InChI is InChI=1S/C19H19Cl2NOS/c1-13-3-2-4-14(11-13)5-8-18(23)22-9-10-24-19(22)16-7-6-15(20)12-17(16)21/h2-4,6-7,11-12,19H,5,8-10H2,1H3. The third kappa shape index (κ3) is 4.08. The number of halogens is 2. The molecule has 2 aromatic carbocycles. The highest BCUT2D eigenvalue weighted by atomic mass is 35.5. The minimum atomic E-state index is -0.0141. The maximum Gasteiger partial charge on any atom is 0.224 e. The third-order valence-electron chi connectivity index (χ3n) is 4.15. The summed E-state index contributed by atoms with van der Waals surface area (Å²) in [6.45, 7) is 2.84. The van der Waals surface area contributed by atoms with Crippen LogP contribution < -0.4 is 0 Å². The van der Waals surface area contributed by atoms with Crippen molar-refractivity contribution in [3.05, 3.63) is 69.2 Å². The van der Waals surface area contributed by atoms with Crippen LogP contribution in [0.1, 0.15) is 28.5 Å². The topological polar surface area (TPSA) is 20.3 Å². The van der Waals surface area contributed by atoms with Crippen LogP contribution in [0.5, 0.6) is 0 Å². The molecular formula is C19H19Cl2NOS. The highest BCUT2D eigenvalue weighted by Crippen LogP contribution is 2.41. The number of carbonyl (C=O) groups is 1. The molecule has 0 aromatic heterocycles. The van der Waals surface area contributed by atoms with E-state index in [1.54, 1.807) is 17.8 Å². The van der Waals surface area contributed by atoms with E-state index in [-0.39, 0.29) is 11.3 Å². The molecule has 1 aliphatic rings. The molecule has 1 aliphatic heterocycles. The average molecular weight is 380 g/mol. The Morgan fingerprint density at radius 1 is 1.25 bits per heavy atom. The summed E-state index contributed by atoms with van der Waals surface area (Å²) in [4.78, 5) is 14.6. The second kappa shape index (κ2) is 7.81. The van der Waals surface area contributed by atoms with Gasteiger partial charge in [0.2, 0.25) is 5.91 Å². The lowest BCUT2D eigenvalue weighted by Crippen LogP contribution is -2.30. The predicted octanol–water partition coefficient (Wildman–Crippen LogP) is 5.51. The van der Waals surface area contributed by atoms with E-state index in [1.165, 1.54) is 11.1 Å². The van der Waals surface area contributed by atoms with E-state index in [0.717, 1.165) is 24.3 Å². The Bertz CT molecular complexity index is 750. The van der Waals surface area contributed by atoms with Crippen molar-refractivity contribution in [2.75, 3.05) is 12.3 Å². The lowest BCUT2D eigenvalue weighted by Gasteiger charge is -2.25. The summed E-state index contributed by atoms with van der Waals surface area (Å²) in [5.41, 5.74) is 3.39. The molecule has 0 aliphatic carbocycles. The van der Waals surface area contributed by atoms with E-state index in [9.17, 15) is 4.79 Å². The first-order valence-electron chi connectivity index (χ1n) is 7.96. The van der Waals surface area contributed by atoms with Gasteiger partial charge in [-0.15, -0.1) is 11.8 Å². The molecule has 1 unspecified atom stereocenters. The predicted molar refractivity (Wildman–Crippen MR) is 103 cm³/mol. The van der Waals surface area contributed by atoms with Crippen molar-refractivity contribution in [3.8, 4) is 0 Å². The van der Waals surface area contributed by atoms with Crippen LogP contribution in [0.4, 0.5) is 0 Å². The van der Waals surface area contributed by atoms with E-state index in [2.05, 4.69) is 25.1 Å². The van der Waals surface area contributed by atoms with Crippen molar-refractivity contribution in [1.82, 2.24) is 4.90 Å². The normalized spacial score (nSPS) is 17.3. The number of carbonyl (C=O) groups excluding carboxylic acids is 1. The Hall–Kier alpha value is -1.16. The van der Waals surface area contributed by atoms with Crippen molar-refractivity contribution in [2.24, 2.45) is 0 Å². The second-order valence-corrected chi connectivity index (χ2v) is 8.00. The van der Waals surface area contributed by atoms with Crippen molar-refractivity contribution < 1.29 is 4.79 Å². The summed E-state index contributed by atoms with van der Waals surface area (Å²) in [7, 11) is 0. The average Bonchev–Trinajstić information content (AvgIpc) is 3.02. The first-order valence-corrected chi connectivity index (χ1v) is 9.76. The first kappa shape index (κ1) is 17.7. The van der Waals surface area contributed by atoms with Crippen LogP contribution >= 0.6 is 35.0 Å². The SMILES string of the molecule is Cc1cccc(CCC(=O)N2CCSC2c2ccc(Cl)cc2Cl)c1. The van der Waals surface area contributed by atoms with Gasteiger partial charge in [0, 0.05) is 34.3 Å². The van der Waals surface area contributed by atoms with Gasteiger partial charge in [-0.3, -0.25) is 4.79 Å². The number of aryl methyl sites for hydroxylation is 2. The van der Waals surface area contributed by atoms with E-state index in [0.29, 0.717) is 16.5 Å². The monoisotopic (exact) mass is 379 g/mol. The summed E-state index contributed by atoms with van der Waals surface area (Å²) >= 11 is 14.1. The van der Waals surface area contributed by atoms with Gasteiger partial charge in [0.15, 0.2) is 0 Å². The number of thioether (sulfide) groups is 1. The quantitative estimate of drug-likeness (QED) is 0.697. The van der Waals surface area contributed by atoms with E-state index in [1.807, 2.05) is 23.1 Å². The van der Waals surface area contributed by atoms with Crippen molar-refractivity contribution >= 4 is 40.9 Å². The Morgan fingerprint density at radius 2 is 2.08 bits per heavy atom. The molecule has 1 atom stereocenters. The summed E-state index contributed by atoms with van der Waals surface area (Å²) < 4.78 is 0. The zero-order valence-corrected chi connectivity index (χ0v) is 15.8. The molecule has 24 heavy (non-hydrogen) atoms. The van der Waals surface area contributed by atoms with E-state index in [4.69, 9.17) is 23.2 Å². The van der Waals surface area contributed by atoms with Crippen LogP contribution in [0.15, 0.2) is 42.5 Å². The van der Waals surface area contributed by atoms with Crippen LogP contribution in [-0.2, 0) is 11.2 Å². The molecule has 0 saturated carbocycles. The van der Waals surface area contributed by atoms with Gasteiger partial charge in [0.1, 0.15) is 5.37 Å². The number of rotatable bonds is 4. The molecule has 0 N–H and O–H groups in total. The minimum Gasteiger partial charge on any atom is -0.326 e. The maximum absolute atomic E-state index is 12.7. The van der Waals surface area contributed by atoms with Crippen molar-refractivity contribution in [1.29, 1.82) is 0 Å². The number of benzene rings is 2. The van der Waals surface area contributed by atoms with Gasteiger partial charge < -0.3 is 4.90 Å². The van der Waals surface area contributed by atoms with Gasteiger partial charge in [-0.05, 0) is 31.0 Å². The Balaban J connectivity index is 1.69.